The number of aliphatic hydroxyl groups is 1. The van der Waals surface area contributed by atoms with Crippen molar-refractivity contribution in [3.8, 4) is 0 Å². The molecule has 5 nitrogen and oxygen atoms in total. The first-order chi connectivity index (χ1) is 9.57. The van der Waals surface area contributed by atoms with Gasteiger partial charge in [-0.1, -0.05) is 33.1 Å². The van der Waals surface area contributed by atoms with Crippen LogP contribution in [0.1, 0.15) is 58.8 Å². The molecular weight excluding hydrogens is 276 g/mol. The number of hydrogen-bond donors (Lipinski definition) is 1. The molecule has 1 rings (SSSR count). The lowest BCUT2D eigenvalue weighted by Gasteiger charge is -2.36. The van der Waals surface area contributed by atoms with E-state index in [1.165, 1.54) is 6.42 Å². The molecule has 1 aliphatic carbocycles. The third kappa shape index (κ3) is 4.69. The van der Waals surface area contributed by atoms with Crippen molar-refractivity contribution in [1.82, 2.24) is 8.61 Å². The zero-order chi connectivity index (χ0) is 15.0. The maximum absolute atomic E-state index is 12.8. The molecule has 0 aromatic heterocycles. The normalized spacial score (nSPS) is 18.1. The fourth-order valence-electron chi connectivity index (χ4n) is 2.94. The summed E-state index contributed by atoms with van der Waals surface area (Å²) in [5.41, 5.74) is 0. The van der Waals surface area contributed by atoms with Crippen LogP contribution in [0.3, 0.4) is 0 Å². The molecule has 0 bridgehead atoms. The van der Waals surface area contributed by atoms with Crippen LogP contribution in [0.5, 0.6) is 0 Å². The Balaban J connectivity index is 2.90. The minimum atomic E-state index is -3.44. The van der Waals surface area contributed by atoms with Crippen molar-refractivity contribution in [3.05, 3.63) is 0 Å². The lowest BCUT2D eigenvalue weighted by atomic mass is 9.95. The Labute approximate surface area is 124 Å². The number of hydrogen-bond acceptors (Lipinski definition) is 3. The smallest absolute Gasteiger partial charge is 0.282 e. The molecule has 0 aromatic carbocycles. The van der Waals surface area contributed by atoms with Crippen LogP contribution in [-0.4, -0.2) is 54.4 Å². The maximum Gasteiger partial charge on any atom is 0.282 e. The summed E-state index contributed by atoms with van der Waals surface area (Å²) in [7, 11) is -3.44. The lowest BCUT2D eigenvalue weighted by molar-refractivity contribution is 0.188. The highest BCUT2D eigenvalue weighted by Gasteiger charge is 2.34. The Hall–Kier alpha value is -0.170. The fourth-order valence-corrected chi connectivity index (χ4v) is 4.97. The van der Waals surface area contributed by atoms with Crippen LogP contribution < -0.4 is 0 Å². The highest BCUT2D eigenvalue weighted by molar-refractivity contribution is 7.86. The van der Waals surface area contributed by atoms with E-state index in [-0.39, 0.29) is 19.2 Å². The molecule has 0 aliphatic heterocycles. The molecule has 0 heterocycles. The van der Waals surface area contributed by atoms with Gasteiger partial charge in [0.1, 0.15) is 0 Å². The highest BCUT2D eigenvalue weighted by atomic mass is 32.2. The second kappa shape index (κ2) is 8.97. The minimum absolute atomic E-state index is 0.0668. The summed E-state index contributed by atoms with van der Waals surface area (Å²) >= 11 is 0. The molecule has 0 unspecified atom stereocenters. The largest absolute Gasteiger partial charge is 0.395 e. The van der Waals surface area contributed by atoms with E-state index in [4.69, 9.17) is 0 Å². The average molecular weight is 306 g/mol. The third-order valence-corrected chi connectivity index (χ3v) is 5.96. The van der Waals surface area contributed by atoms with Gasteiger partial charge in [0.05, 0.1) is 6.61 Å². The lowest BCUT2D eigenvalue weighted by Crippen LogP contribution is -2.50. The molecule has 0 amide bonds. The minimum Gasteiger partial charge on any atom is -0.395 e. The second-order valence-corrected chi connectivity index (χ2v) is 7.41. The molecule has 6 heteroatoms. The topological polar surface area (TPSA) is 60.9 Å². The van der Waals surface area contributed by atoms with Gasteiger partial charge in [0, 0.05) is 25.7 Å². The van der Waals surface area contributed by atoms with Crippen molar-refractivity contribution >= 4 is 10.2 Å². The monoisotopic (exact) mass is 306 g/mol. The van der Waals surface area contributed by atoms with Crippen molar-refractivity contribution in [1.29, 1.82) is 0 Å². The summed E-state index contributed by atoms with van der Waals surface area (Å²) in [6.07, 6.45) is 6.84. The molecule has 20 heavy (non-hydrogen) atoms. The first-order valence-corrected chi connectivity index (χ1v) is 9.35. The van der Waals surface area contributed by atoms with E-state index in [1.54, 1.807) is 8.61 Å². The number of aliphatic hydroxyl groups excluding tert-OH is 1. The molecule has 0 atom stereocenters. The average Bonchev–Trinajstić information content (AvgIpc) is 2.45. The predicted octanol–water partition coefficient (Wildman–Crippen LogP) is 1.98. The molecular formula is C14H30N2O3S. The third-order valence-electron chi connectivity index (χ3n) is 3.87. The molecule has 1 N–H and O–H groups in total. The Morgan fingerprint density at radius 1 is 1.00 bits per heavy atom. The first-order valence-electron chi connectivity index (χ1n) is 7.95. The Kier molecular flexibility index (Phi) is 8.02. The van der Waals surface area contributed by atoms with Gasteiger partial charge in [-0.05, 0) is 25.7 Å². The van der Waals surface area contributed by atoms with Gasteiger partial charge in [-0.3, -0.25) is 0 Å². The second-order valence-electron chi connectivity index (χ2n) is 5.53. The van der Waals surface area contributed by atoms with Gasteiger partial charge >= 0.3 is 0 Å². The predicted molar refractivity (Wildman–Crippen MR) is 81.7 cm³/mol. The summed E-state index contributed by atoms with van der Waals surface area (Å²) < 4.78 is 28.8. The van der Waals surface area contributed by atoms with Crippen LogP contribution in [0, 0.1) is 0 Å². The first kappa shape index (κ1) is 17.9. The van der Waals surface area contributed by atoms with Crippen molar-refractivity contribution < 1.29 is 13.5 Å². The van der Waals surface area contributed by atoms with E-state index in [9.17, 15) is 13.5 Å². The standard InChI is InChI=1S/C14H30N2O3S/c1-3-10-15(11-4-2)20(18,19)16(12-13-17)14-8-6-5-7-9-14/h14,17H,3-13H2,1-2H3. The van der Waals surface area contributed by atoms with Gasteiger partial charge in [-0.2, -0.15) is 17.0 Å². The van der Waals surface area contributed by atoms with Crippen LogP contribution in [0.25, 0.3) is 0 Å². The number of rotatable bonds is 9. The van der Waals surface area contributed by atoms with Gasteiger partial charge in [-0.15, -0.1) is 0 Å². The highest BCUT2D eigenvalue weighted by Crippen LogP contribution is 2.26. The van der Waals surface area contributed by atoms with E-state index in [0.29, 0.717) is 13.1 Å². The number of nitrogens with zero attached hydrogens (tertiary/aromatic N) is 2. The van der Waals surface area contributed by atoms with Crippen LogP contribution in [0.15, 0.2) is 0 Å². The zero-order valence-corrected chi connectivity index (χ0v) is 13.7. The quantitative estimate of drug-likeness (QED) is 0.708. The van der Waals surface area contributed by atoms with Crippen molar-refractivity contribution in [2.45, 2.75) is 64.8 Å². The molecule has 1 saturated carbocycles. The molecule has 0 radical (unpaired) electrons. The Morgan fingerprint density at radius 3 is 2.00 bits per heavy atom. The molecule has 120 valence electrons. The Morgan fingerprint density at radius 2 is 1.55 bits per heavy atom. The van der Waals surface area contributed by atoms with Crippen LogP contribution in [0.4, 0.5) is 0 Å². The molecule has 1 aliphatic rings. The van der Waals surface area contributed by atoms with Crippen molar-refractivity contribution in [2.24, 2.45) is 0 Å². The van der Waals surface area contributed by atoms with E-state index >= 15 is 0 Å². The fraction of sp³-hybridized carbons (Fsp3) is 1.00. The maximum atomic E-state index is 12.8. The SMILES string of the molecule is CCCN(CCC)S(=O)(=O)N(CCO)C1CCCCC1. The van der Waals surface area contributed by atoms with Gasteiger partial charge in [0.15, 0.2) is 0 Å². The van der Waals surface area contributed by atoms with E-state index in [0.717, 1.165) is 38.5 Å². The van der Waals surface area contributed by atoms with Gasteiger partial charge < -0.3 is 5.11 Å². The van der Waals surface area contributed by atoms with Crippen LogP contribution >= 0.6 is 0 Å². The van der Waals surface area contributed by atoms with Gasteiger partial charge in [0.2, 0.25) is 0 Å². The molecule has 1 fully saturated rings. The Bertz CT molecular complexity index is 347. The summed E-state index contributed by atoms with van der Waals surface area (Å²) in [5, 5.41) is 9.25. The summed E-state index contributed by atoms with van der Waals surface area (Å²) in [5.74, 6) is 0. The van der Waals surface area contributed by atoms with Crippen LogP contribution in [-0.2, 0) is 10.2 Å². The van der Waals surface area contributed by atoms with E-state index in [2.05, 4.69) is 0 Å². The van der Waals surface area contributed by atoms with E-state index < -0.39 is 10.2 Å². The molecule has 0 spiro atoms. The van der Waals surface area contributed by atoms with Crippen molar-refractivity contribution in [2.75, 3.05) is 26.2 Å². The zero-order valence-electron chi connectivity index (χ0n) is 12.9. The summed E-state index contributed by atoms with van der Waals surface area (Å²) in [4.78, 5) is 0. The summed E-state index contributed by atoms with van der Waals surface area (Å²) in [6, 6.07) is 0.0668. The molecule has 0 aromatic rings. The summed E-state index contributed by atoms with van der Waals surface area (Å²) in [6.45, 7) is 5.22. The van der Waals surface area contributed by atoms with E-state index in [1.807, 2.05) is 13.8 Å². The van der Waals surface area contributed by atoms with Gasteiger partial charge in [0.25, 0.3) is 10.2 Å². The van der Waals surface area contributed by atoms with Gasteiger partial charge in [-0.25, -0.2) is 0 Å². The molecule has 0 saturated heterocycles. The van der Waals surface area contributed by atoms with Crippen molar-refractivity contribution in [3.63, 3.8) is 0 Å². The van der Waals surface area contributed by atoms with Crippen LogP contribution in [0.2, 0.25) is 0 Å².